The van der Waals surface area contributed by atoms with Gasteiger partial charge in [0.15, 0.2) is 5.78 Å². The van der Waals surface area contributed by atoms with E-state index in [9.17, 15) is 18.8 Å². The van der Waals surface area contributed by atoms with Crippen molar-refractivity contribution in [3.63, 3.8) is 0 Å². The number of carbonyl (C=O) groups excluding carboxylic acids is 2. The van der Waals surface area contributed by atoms with Gasteiger partial charge in [-0.05, 0) is 48.4 Å². The number of imidazole rings is 1. The molecule has 4 rings (SSSR count). The Labute approximate surface area is 199 Å². The predicted molar refractivity (Wildman–Crippen MR) is 130 cm³/mol. The lowest BCUT2D eigenvalue weighted by molar-refractivity contribution is -0.115. The summed E-state index contributed by atoms with van der Waals surface area (Å²) in [4.78, 5) is 44.1. The smallest absolute Gasteiger partial charge is 0.409 e. The summed E-state index contributed by atoms with van der Waals surface area (Å²) in [6.45, 7) is 1.85. The van der Waals surface area contributed by atoms with Crippen LogP contribution in [0.25, 0.3) is 22.5 Å². The summed E-state index contributed by atoms with van der Waals surface area (Å²) in [6, 6.07) is 17.2. The number of aryl methyl sites for hydroxylation is 1. The van der Waals surface area contributed by atoms with Gasteiger partial charge in [-0.1, -0.05) is 36.4 Å². The maximum atomic E-state index is 13.3. The Bertz CT molecular complexity index is 1410. The van der Waals surface area contributed by atoms with E-state index in [1.807, 2.05) is 6.92 Å². The first kappa shape index (κ1) is 23.4. The monoisotopic (exact) mass is 472 g/mol. The number of ketones is 1. The van der Waals surface area contributed by atoms with Gasteiger partial charge in [0.1, 0.15) is 11.6 Å². The lowest BCUT2D eigenvalue weighted by atomic mass is 10.0. The maximum absolute atomic E-state index is 13.3. The molecule has 0 aliphatic carbocycles. The second-order valence-corrected chi connectivity index (χ2v) is 7.82. The molecule has 0 spiro atoms. The third kappa shape index (κ3) is 5.77. The lowest BCUT2D eigenvalue weighted by Gasteiger charge is -2.13. The van der Waals surface area contributed by atoms with Crippen LogP contribution in [0.3, 0.4) is 0 Å². The average molecular weight is 472 g/mol. The first-order valence-electron chi connectivity index (χ1n) is 10.6. The summed E-state index contributed by atoms with van der Waals surface area (Å²) in [5.41, 5.74) is 3.48. The number of amides is 2. The molecule has 0 saturated heterocycles. The Morgan fingerprint density at radius 2 is 1.66 bits per heavy atom. The van der Waals surface area contributed by atoms with Crippen molar-refractivity contribution >= 4 is 29.2 Å². The van der Waals surface area contributed by atoms with E-state index < -0.39 is 30.0 Å². The second-order valence-electron chi connectivity index (χ2n) is 7.82. The molecule has 0 atom stereocenters. The van der Waals surface area contributed by atoms with Crippen LogP contribution in [0.5, 0.6) is 0 Å². The van der Waals surface area contributed by atoms with E-state index in [0.29, 0.717) is 28.1 Å². The minimum atomic E-state index is -1.31. The van der Waals surface area contributed by atoms with Crippen molar-refractivity contribution in [3.05, 3.63) is 90.0 Å². The van der Waals surface area contributed by atoms with Gasteiger partial charge in [-0.25, -0.2) is 14.2 Å². The van der Waals surface area contributed by atoms with Crippen LogP contribution in [-0.2, 0) is 4.79 Å². The number of anilines is 2. The highest BCUT2D eigenvalue weighted by Crippen LogP contribution is 2.30. The first-order chi connectivity index (χ1) is 16.8. The van der Waals surface area contributed by atoms with Crippen LogP contribution in [0.1, 0.15) is 22.5 Å². The number of H-pyrrole nitrogens is 1. The Kier molecular flexibility index (Phi) is 6.68. The number of halogens is 1. The quantitative estimate of drug-likeness (QED) is 0.209. The summed E-state index contributed by atoms with van der Waals surface area (Å²) >= 11 is 0. The summed E-state index contributed by atoms with van der Waals surface area (Å²) in [7, 11) is 0. The number of hydrogen-bond acceptors (Lipinski definition) is 4. The zero-order chi connectivity index (χ0) is 24.9. The molecule has 2 amide bonds. The molecular weight excluding hydrogens is 451 g/mol. The molecular formula is C26H21FN4O4. The minimum absolute atomic E-state index is 0.138. The zero-order valence-corrected chi connectivity index (χ0v) is 18.6. The summed E-state index contributed by atoms with van der Waals surface area (Å²) in [6.07, 6.45) is -0.00958. The van der Waals surface area contributed by atoms with Crippen molar-refractivity contribution < 1.29 is 23.9 Å². The fraction of sp³-hybridized carbons (Fsp3) is 0.0769. The first-order valence-corrected chi connectivity index (χ1v) is 10.6. The highest BCUT2D eigenvalue weighted by molar-refractivity contribution is 6.12. The van der Waals surface area contributed by atoms with E-state index in [4.69, 9.17) is 5.11 Å². The Balaban J connectivity index is 1.53. The topological polar surface area (TPSA) is 124 Å². The fourth-order valence-electron chi connectivity index (χ4n) is 3.54. The number of carboxylic acid groups (broad SMARTS) is 1. The van der Waals surface area contributed by atoms with E-state index in [2.05, 4.69) is 20.6 Å². The van der Waals surface area contributed by atoms with Crippen LogP contribution in [0.4, 0.5) is 20.6 Å². The van der Waals surface area contributed by atoms with E-state index in [-0.39, 0.29) is 11.4 Å². The standard InChI is InChI=1S/C26H21FN4O4/c1-15-14-28-25(29-15)19-4-2-3-18(11-19)23(32)13-24(33)30-22-12-17(7-10-21(22)31-26(34)35)16-5-8-20(27)9-6-16/h2-12,14,31H,13H2,1H3,(H,28,29)(H,30,33)(H,34,35). The maximum Gasteiger partial charge on any atom is 0.409 e. The van der Waals surface area contributed by atoms with Gasteiger partial charge in [-0.2, -0.15) is 0 Å². The summed E-state index contributed by atoms with van der Waals surface area (Å²) < 4.78 is 13.3. The number of nitrogens with one attached hydrogen (secondary N) is 3. The van der Waals surface area contributed by atoms with Gasteiger partial charge in [-0.15, -0.1) is 0 Å². The van der Waals surface area contributed by atoms with Gasteiger partial charge in [-0.3, -0.25) is 14.9 Å². The number of nitrogens with zero attached hydrogens (tertiary/aromatic N) is 1. The molecule has 9 heteroatoms. The number of Topliss-reactive ketones (excluding diaryl/α,β-unsaturated/α-hetero) is 1. The van der Waals surface area contributed by atoms with Gasteiger partial charge < -0.3 is 15.4 Å². The highest BCUT2D eigenvalue weighted by atomic mass is 19.1. The molecule has 0 aliphatic rings. The molecule has 1 aromatic heterocycles. The molecule has 1 heterocycles. The normalized spacial score (nSPS) is 10.6. The van der Waals surface area contributed by atoms with E-state index in [1.165, 1.54) is 18.2 Å². The molecule has 4 N–H and O–H groups in total. The molecule has 8 nitrogen and oxygen atoms in total. The molecule has 176 valence electrons. The Morgan fingerprint density at radius 3 is 2.34 bits per heavy atom. The molecule has 35 heavy (non-hydrogen) atoms. The van der Waals surface area contributed by atoms with Crippen molar-refractivity contribution in [1.29, 1.82) is 0 Å². The van der Waals surface area contributed by atoms with Crippen molar-refractivity contribution in [2.24, 2.45) is 0 Å². The molecule has 0 unspecified atom stereocenters. The Hall–Kier alpha value is -4.79. The van der Waals surface area contributed by atoms with Gasteiger partial charge in [0, 0.05) is 17.3 Å². The van der Waals surface area contributed by atoms with Crippen molar-refractivity contribution in [1.82, 2.24) is 9.97 Å². The van der Waals surface area contributed by atoms with Gasteiger partial charge >= 0.3 is 6.09 Å². The highest BCUT2D eigenvalue weighted by Gasteiger charge is 2.16. The number of aromatic nitrogens is 2. The van der Waals surface area contributed by atoms with Crippen LogP contribution >= 0.6 is 0 Å². The number of benzene rings is 3. The minimum Gasteiger partial charge on any atom is -0.465 e. The lowest BCUT2D eigenvalue weighted by Crippen LogP contribution is -2.18. The number of rotatable bonds is 7. The van der Waals surface area contributed by atoms with Crippen molar-refractivity contribution in [2.45, 2.75) is 13.3 Å². The van der Waals surface area contributed by atoms with Crippen LogP contribution in [0, 0.1) is 12.7 Å². The molecule has 0 aliphatic heterocycles. The van der Waals surface area contributed by atoms with Gasteiger partial charge in [0.2, 0.25) is 5.91 Å². The largest absolute Gasteiger partial charge is 0.465 e. The van der Waals surface area contributed by atoms with Gasteiger partial charge in [0.05, 0.1) is 23.5 Å². The van der Waals surface area contributed by atoms with Crippen LogP contribution in [-0.4, -0.2) is 32.9 Å². The fourth-order valence-corrected chi connectivity index (χ4v) is 3.54. The number of hydrogen-bond donors (Lipinski definition) is 4. The summed E-state index contributed by atoms with van der Waals surface area (Å²) in [5, 5.41) is 14.0. The van der Waals surface area contributed by atoms with Crippen LogP contribution < -0.4 is 10.6 Å². The third-order valence-electron chi connectivity index (χ3n) is 5.20. The second kappa shape index (κ2) is 10.0. The third-order valence-corrected chi connectivity index (χ3v) is 5.20. The average Bonchev–Trinajstić information content (AvgIpc) is 3.27. The number of carbonyl (C=O) groups is 3. The zero-order valence-electron chi connectivity index (χ0n) is 18.6. The molecule has 0 fully saturated rings. The summed E-state index contributed by atoms with van der Waals surface area (Å²) in [5.74, 6) is -0.797. The van der Waals surface area contributed by atoms with Crippen LogP contribution in [0.2, 0.25) is 0 Å². The Morgan fingerprint density at radius 1 is 0.914 bits per heavy atom. The van der Waals surface area contributed by atoms with E-state index in [1.54, 1.807) is 54.7 Å². The molecule has 0 radical (unpaired) electrons. The van der Waals surface area contributed by atoms with Gasteiger partial charge in [0.25, 0.3) is 0 Å². The van der Waals surface area contributed by atoms with Crippen LogP contribution in [0.15, 0.2) is 72.9 Å². The van der Waals surface area contributed by atoms with E-state index >= 15 is 0 Å². The molecule has 3 aromatic carbocycles. The number of aromatic amines is 1. The SMILES string of the molecule is Cc1c[nH]c(-c2cccc(C(=O)CC(=O)Nc3cc(-c4ccc(F)cc4)ccc3NC(=O)O)c2)n1. The van der Waals surface area contributed by atoms with Crippen molar-refractivity contribution in [2.75, 3.05) is 10.6 Å². The molecule has 0 saturated carbocycles. The predicted octanol–water partition coefficient (Wildman–Crippen LogP) is 5.49. The van der Waals surface area contributed by atoms with Crippen molar-refractivity contribution in [3.8, 4) is 22.5 Å². The molecule has 0 bridgehead atoms. The van der Waals surface area contributed by atoms with E-state index in [0.717, 1.165) is 5.69 Å². The molecule has 4 aromatic rings.